The van der Waals surface area contributed by atoms with Gasteiger partial charge in [-0.2, -0.15) is 0 Å². The minimum atomic E-state index is -4.69. The fourth-order valence-corrected chi connectivity index (χ4v) is 1.77. The minimum absolute atomic E-state index is 0.258. The number of rotatable bonds is 3. The van der Waals surface area contributed by atoms with Crippen LogP contribution in [0.25, 0.3) is 0 Å². The third-order valence-corrected chi connectivity index (χ3v) is 2.57. The molecule has 2 rings (SSSR count). The van der Waals surface area contributed by atoms with Crippen LogP contribution in [0.4, 0.5) is 13.2 Å². The Morgan fingerprint density at radius 3 is 2.59 bits per heavy atom. The van der Waals surface area contributed by atoms with Crippen molar-refractivity contribution in [1.82, 2.24) is 5.32 Å². The van der Waals surface area contributed by atoms with Crippen molar-refractivity contribution in [2.45, 2.75) is 18.4 Å². The van der Waals surface area contributed by atoms with Gasteiger partial charge < -0.3 is 15.2 Å². The highest BCUT2D eigenvalue weighted by Crippen LogP contribution is 2.25. The van der Waals surface area contributed by atoms with Crippen molar-refractivity contribution in [3.05, 3.63) is 29.8 Å². The molecule has 3 nitrogen and oxygen atoms in total. The first-order valence-corrected chi connectivity index (χ1v) is 5.14. The second kappa shape index (κ2) is 4.19. The van der Waals surface area contributed by atoms with Crippen molar-refractivity contribution in [1.29, 1.82) is 0 Å². The topological polar surface area (TPSA) is 41.5 Å². The van der Waals surface area contributed by atoms with Crippen LogP contribution < -0.4 is 10.1 Å². The quantitative estimate of drug-likeness (QED) is 0.849. The summed E-state index contributed by atoms with van der Waals surface area (Å²) in [6.07, 6.45) is -4.37. The summed E-state index contributed by atoms with van der Waals surface area (Å²) in [6.45, 7) is 0.911. The molecule has 0 bridgehead atoms. The van der Waals surface area contributed by atoms with Gasteiger partial charge in [0.15, 0.2) is 0 Å². The van der Waals surface area contributed by atoms with E-state index in [0.29, 0.717) is 25.1 Å². The SMILES string of the molecule is OC1(Cc2cccc(OC(F)(F)F)c2)CNC1. The van der Waals surface area contributed by atoms with Gasteiger partial charge in [0.05, 0.1) is 5.60 Å². The van der Waals surface area contributed by atoms with E-state index < -0.39 is 12.0 Å². The number of halogens is 3. The van der Waals surface area contributed by atoms with E-state index in [9.17, 15) is 18.3 Å². The summed E-state index contributed by atoms with van der Waals surface area (Å²) in [7, 11) is 0. The Morgan fingerprint density at radius 1 is 1.35 bits per heavy atom. The maximum absolute atomic E-state index is 12.0. The lowest BCUT2D eigenvalue weighted by Crippen LogP contribution is -2.60. The van der Waals surface area contributed by atoms with Crippen molar-refractivity contribution < 1.29 is 23.0 Å². The minimum Gasteiger partial charge on any atom is -0.406 e. The van der Waals surface area contributed by atoms with Crippen molar-refractivity contribution >= 4 is 0 Å². The summed E-state index contributed by atoms with van der Waals surface area (Å²) >= 11 is 0. The largest absolute Gasteiger partial charge is 0.573 e. The summed E-state index contributed by atoms with van der Waals surface area (Å²) in [4.78, 5) is 0. The second-order valence-corrected chi connectivity index (χ2v) is 4.20. The van der Waals surface area contributed by atoms with Crippen LogP contribution in [0.5, 0.6) is 5.75 Å². The first-order valence-electron chi connectivity index (χ1n) is 5.14. The number of ether oxygens (including phenoxy) is 1. The Balaban J connectivity index is 2.06. The van der Waals surface area contributed by atoms with E-state index in [-0.39, 0.29) is 5.75 Å². The molecule has 0 aromatic heterocycles. The highest BCUT2D eigenvalue weighted by molar-refractivity contribution is 5.30. The highest BCUT2D eigenvalue weighted by Gasteiger charge is 2.35. The maximum Gasteiger partial charge on any atom is 0.573 e. The van der Waals surface area contributed by atoms with Gasteiger partial charge in [0, 0.05) is 19.5 Å². The van der Waals surface area contributed by atoms with Crippen LogP contribution in [0.1, 0.15) is 5.56 Å². The number of nitrogens with one attached hydrogen (secondary N) is 1. The Hall–Kier alpha value is -1.27. The van der Waals surface area contributed by atoms with E-state index in [0.717, 1.165) is 0 Å². The van der Waals surface area contributed by atoms with E-state index in [1.807, 2.05) is 0 Å². The molecule has 0 spiro atoms. The van der Waals surface area contributed by atoms with E-state index in [1.165, 1.54) is 18.2 Å². The summed E-state index contributed by atoms with van der Waals surface area (Å²) in [5.41, 5.74) is -0.229. The molecule has 0 radical (unpaired) electrons. The normalized spacial score (nSPS) is 18.6. The molecule has 1 aromatic rings. The van der Waals surface area contributed by atoms with Crippen LogP contribution in [-0.2, 0) is 6.42 Å². The third kappa shape index (κ3) is 3.34. The summed E-state index contributed by atoms with van der Waals surface area (Å²) in [6, 6.07) is 5.68. The Morgan fingerprint density at radius 2 is 2.06 bits per heavy atom. The van der Waals surface area contributed by atoms with E-state index in [2.05, 4.69) is 10.1 Å². The van der Waals surface area contributed by atoms with Crippen molar-refractivity contribution in [3.63, 3.8) is 0 Å². The summed E-state index contributed by atoms with van der Waals surface area (Å²) < 4.78 is 39.8. The van der Waals surface area contributed by atoms with Crippen LogP contribution in [0.15, 0.2) is 24.3 Å². The lowest BCUT2D eigenvalue weighted by molar-refractivity contribution is -0.274. The molecule has 1 aromatic carbocycles. The number of alkyl halides is 3. The van der Waals surface area contributed by atoms with Gasteiger partial charge in [-0.15, -0.1) is 13.2 Å². The predicted octanol–water partition coefficient (Wildman–Crippen LogP) is 1.46. The van der Waals surface area contributed by atoms with Gasteiger partial charge in [0.1, 0.15) is 5.75 Å². The zero-order valence-electron chi connectivity index (χ0n) is 8.92. The first-order chi connectivity index (χ1) is 7.86. The highest BCUT2D eigenvalue weighted by atomic mass is 19.4. The molecule has 0 amide bonds. The first kappa shape index (κ1) is 12.2. The van der Waals surface area contributed by atoms with E-state index in [4.69, 9.17) is 0 Å². The van der Waals surface area contributed by atoms with Gasteiger partial charge in [-0.1, -0.05) is 12.1 Å². The molecule has 94 valence electrons. The Bertz CT molecular complexity index is 402. The van der Waals surface area contributed by atoms with Gasteiger partial charge in [-0.3, -0.25) is 0 Å². The smallest absolute Gasteiger partial charge is 0.406 e. The third-order valence-electron chi connectivity index (χ3n) is 2.57. The van der Waals surface area contributed by atoms with E-state index >= 15 is 0 Å². The van der Waals surface area contributed by atoms with E-state index in [1.54, 1.807) is 6.07 Å². The van der Waals surface area contributed by atoms with Gasteiger partial charge in [-0.05, 0) is 17.7 Å². The molecule has 6 heteroatoms. The van der Waals surface area contributed by atoms with Gasteiger partial charge >= 0.3 is 6.36 Å². The second-order valence-electron chi connectivity index (χ2n) is 4.20. The average molecular weight is 247 g/mol. The lowest BCUT2D eigenvalue weighted by atomic mass is 9.89. The predicted molar refractivity (Wildman–Crippen MR) is 54.6 cm³/mol. The maximum atomic E-state index is 12.0. The molecule has 1 aliphatic rings. The fourth-order valence-electron chi connectivity index (χ4n) is 1.77. The Kier molecular flexibility index (Phi) is 3.01. The molecule has 0 unspecified atom stereocenters. The standard InChI is InChI=1S/C11H12F3NO2/c12-11(13,14)17-9-3-1-2-8(4-9)5-10(16)6-15-7-10/h1-4,15-16H,5-7H2. The number of benzene rings is 1. The molecule has 2 N–H and O–H groups in total. The molecule has 17 heavy (non-hydrogen) atoms. The van der Waals surface area contributed by atoms with Crippen LogP contribution in [-0.4, -0.2) is 30.2 Å². The molecule has 0 atom stereocenters. The molecule has 1 aliphatic heterocycles. The monoisotopic (exact) mass is 247 g/mol. The van der Waals surface area contributed by atoms with Gasteiger partial charge in [-0.25, -0.2) is 0 Å². The zero-order valence-corrected chi connectivity index (χ0v) is 8.92. The van der Waals surface area contributed by atoms with Crippen molar-refractivity contribution in [2.75, 3.05) is 13.1 Å². The molecular weight excluding hydrogens is 235 g/mol. The number of hydrogen-bond acceptors (Lipinski definition) is 3. The van der Waals surface area contributed by atoms with Crippen molar-refractivity contribution in [2.24, 2.45) is 0 Å². The molecular formula is C11H12F3NO2. The number of aliphatic hydroxyl groups is 1. The number of β-amino-alcohol motifs (C(OH)–C–C–N with tert-alkyl or cyclic N) is 1. The van der Waals surface area contributed by atoms with Crippen molar-refractivity contribution in [3.8, 4) is 5.75 Å². The van der Waals surface area contributed by atoms with Gasteiger partial charge in [0.25, 0.3) is 0 Å². The zero-order chi connectivity index (χ0) is 12.5. The van der Waals surface area contributed by atoms with Crippen LogP contribution in [0, 0.1) is 0 Å². The molecule has 1 fully saturated rings. The average Bonchev–Trinajstić information content (AvgIpc) is 2.13. The Labute approximate surface area is 96.2 Å². The lowest BCUT2D eigenvalue weighted by Gasteiger charge is -2.37. The molecule has 1 saturated heterocycles. The number of hydrogen-bond donors (Lipinski definition) is 2. The van der Waals surface area contributed by atoms with Gasteiger partial charge in [0.2, 0.25) is 0 Å². The molecule has 1 heterocycles. The van der Waals surface area contributed by atoms with Crippen LogP contribution in [0.3, 0.4) is 0 Å². The molecule has 0 aliphatic carbocycles. The van der Waals surface area contributed by atoms with Crippen LogP contribution >= 0.6 is 0 Å². The van der Waals surface area contributed by atoms with Crippen LogP contribution in [0.2, 0.25) is 0 Å². The molecule has 0 saturated carbocycles. The summed E-state index contributed by atoms with van der Waals surface area (Å²) in [5.74, 6) is -0.258. The summed E-state index contributed by atoms with van der Waals surface area (Å²) in [5, 5.41) is 12.8. The fraction of sp³-hybridized carbons (Fsp3) is 0.455.